The van der Waals surface area contributed by atoms with Crippen LogP contribution in [-0.4, -0.2) is 37.5 Å². The molecule has 1 rings (SSSR count). The summed E-state index contributed by atoms with van der Waals surface area (Å²) in [6.45, 7) is 1.00. The lowest BCUT2D eigenvalue weighted by Gasteiger charge is -2.06. The molecule has 0 bridgehead atoms. The van der Waals surface area contributed by atoms with Crippen LogP contribution in [0.25, 0.3) is 0 Å². The number of carbonyl (C=O) groups excluding carboxylic acids is 2. The Hall–Kier alpha value is -1.96. The number of hydrogen-bond acceptors (Lipinski definition) is 5. The molecule has 0 unspecified atom stereocenters. The normalized spacial score (nSPS) is 10.7. The van der Waals surface area contributed by atoms with Gasteiger partial charge in [0.15, 0.2) is 0 Å². The van der Waals surface area contributed by atoms with E-state index in [2.05, 4.69) is 10.3 Å². The van der Waals surface area contributed by atoms with Crippen LogP contribution in [-0.2, 0) is 14.8 Å². The fraction of sp³-hybridized carbons (Fsp3) is 0.300. The van der Waals surface area contributed by atoms with E-state index in [-0.39, 0.29) is 18.0 Å². The molecule has 0 aliphatic heterocycles. The summed E-state index contributed by atoms with van der Waals surface area (Å²) in [5.41, 5.74) is 0.203. The molecule has 0 saturated heterocycles. The van der Waals surface area contributed by atoms with E-state index in [1.54, 1.807) is 16.9 Å². The first-order valence-corrected chi connectivity index (χ1v) is 6.76. The number of sulfonamides is 1. The van der Waals surface area contributed by atoms with Crippen LogP contribution in [0.15, 0.2) is 24.4 Å². The van der Waals surface area contributed by atoms with Gasteiger partial charge in [0.1, 0.15) is 5.69 Å². The molecule has 0 fully saturated rings. The maximum Gasteiger partial charge on any atom is 0.269 e. The van der Waals surface area contributed by atoms with Crippen molar-refractivity contribution in [1.29, 1.82) is 0 Å². The van der Waals surface area contributed by atoms with Gasteiger partial charge in [0.25, 0.3) is 5.91 Å². The molecule has 7 nitrogen and oxygen atoms in total. The Morgan fingerprint density at radius 3 is 2.61 bits per heavy atom. The van der Waals surface area contributed by atoms with Crippen molar-refractivity contribution in [1.82, 2.24) is 15.0 Å². The third-order valence-electron chi connectivity index (χ3n) is 1.85. The Kier molecular flexibility index (Phi) is 4.78. The Balaban J connectivity index is 2.43. The second kappa shape index (κ2) is 6.10. The van der Waals surface area contributed by atoms with Crippen molar-refractivity contribution in [3.05, 3.63) is 30.1 Å². The van der Waals surface area contributed by atoms with Crippen LogP contribution in [0, 0.1) is 0 Å². The first kappa shape index (κ1) is 14.1. The number of amides is 2. The summed E-state index contributed by atoms with van der Waals surface area (Å²) in [5, 5.41) is 2.40. The summed E-state index contributed by atoms with van der Waals surface area (Å²) in [7, 11) is -3.69. The number of pyridine rings is 1. The van der Waals surface area contributed by atoms with Gasteiger partial charge in [-0.15, -0.1) is 0 Å². The van der Waals surface area contributed by atoms with Gasteiger partial charge in [-0.1, -0.05) is 6.07 Å². The van der Waals surface area contributed by atoms with E-state index in [1.165, 1.54) is 12.3 Å². The highest BCUT2D eigenvalue weighted by Gasteiger charge is 2.12. The van der Waals surface area contributed by atoms with Crippen molar-refractivity contribution in [2.24, 2.45) is 0 Å². The lowest BCUT2D eigenvalue weighted by molar-refractivity contribution is -0.117. The van der Waals surface area contributed by atoms with Gasteiger partial charge >= 0.3 is 0 Å². The fourth-order valence-corrected chi connectivity index (χ4v) is 2.07. The molecule has 18 heavy (non-hydrogen) atoms. The molecule has 0 aliphatic carbocycles. The largest absolute Gasteiger partial charge is 0.350 e. The zero-order valence-corrected chi connectivity index (χ0v) is 10.5. The predicted molar refractivity (Wildman–Crippen MR) is 64.2 cm³/mol. The molecule has 0 atom stereocenters. The van der Waals surface area contributed by atoms with Gasteiger partial charge in [-0.05, 0) is 12.1 Å². The number of nitrogens with zero attached hydrogens (tertiary/aromatic N) is 1. The topological polar surface area (TPSA) is 105 Å². The SMILES string of the molecule is CC(=O)NS(=O)(=O)CCNC(=O)c1ccccn1. The number of nitrogens with one attached hydrogen (secondary N) is 2. The van der Waals surface area contributed by atoms with E-state index in [9.17, 15) is 18.0 Å². The van der Waals surface area contributed by atoms with Crippen molar-refractivity contribution < 1.29 is 18.0 Å². The van der Waals surface area contributed by atoms with Crippen molar-refractivity contribution in [2.75, 3.05) is 12.3 Å². The van der Waals surface area contributed by atoms with Crippen LogP contribution >= 0.6 is 0 Å². The summed E-state index contributed by atoms with van der Waals surface area (Å²) in [6.07, 6.45) is 1.46. The van der Waals surface area contributed by atoms with Gasteiger partial charge < -0.3 is 5.32 Å². The summed E-state index contributed by atoms with van der Waals surface area (Å²) in [4.78, 5) is 25.9. The summed E-state index contributed by atoms with van der Waals surface area (Å²) in [6, 6.07) is 4.83. The van der Waals surface area contributed by atoms with Crippen LogP contribution in [0.4, 0.5) is 0 Å². The lowest BCUT2D eigenvalue weighted by Crippen LogP contribution is -2.36. The van der Waals surface area contributed by atoms with Gasteiger partial charge in [-0.25, -0.2) is 8.42 Å². The standard InChI is InChI=1S/C10H13N3O4S/c1-8(14)13-18(16,17)7-6-12-10(15)9-4-2-3-5-11-9/h2-5H,6-7H2,1H3,(H,12,15)(H,13,14). The maximum atomic E-state index is 11.5. The van der Waals surface area contributed by atoms with Gasteiger partial charge in [-0.2, -0.15) is 0 Å². The Bertz CT molecular complexity index is 527. The van der Waals surface area contributed by atoms with Gasteiger partial charge in [0.2, 0.25) is 15.9 Å². The summed E-state index contributed by atoms with van der Waals surface area (Å²) >= 11 is 0. The molecule has 0 aliphatic rings. The first-order valence-electron chi connectivity index (χ1n) is 5.11. The quantitative estimate of drug-likeness (QED) is 0.735. The van der Waals surface area contributed by atoms with Gasteiger partial charge in [0, 0.05) is 19.7 Å². The molecular weight excluding hydrogens is 258 g/mol. The molecular formula is C10H13N3O4S. The highest BCUT2D eigenvalue weighted by Crippen LogP contribution is 1.92. The summed E-state index contributed by atoms with van der Waals surface area (Å²) < 4.78 is 24.3. The first-order chi connectivity index (χ1) is 8.41. The molecule has 0 spiro atoms. The molecule has 0 radical (unpaired) electrons. The van der Waals surface area contributed by atoms with Crippen molar-refractivity contribution >= 4 is 21.8 Å². The minimum Gasteiger partial charge on any atom is -0.350 e. The zero-order valence-electron chi connectivity index (χ0n) is 9.71. The van der Waals surface area contributed by atoms with Gasteiger partial charge in [0.05, 0.1) is 5.75 Å². The molecule has 98 valence electrons. The molecule has 1 aromatic heterocycles. The van der Waals surface area contributed by atoms with Gasteiger partial charge in [-0.3, -0.25) is 19.3 Å². The zero-order chi connectivity index (χ0) is 13.6. The molecule has 8 heteroatoms. The van der Waals surface area contributed by atoms with Crippen LogP contribution in [0.3, 0.4) is 0 Å². The fourth-order valence-electron chi connectivity index (χ4n) is 1.16. The predicted octanol–water partition coefficient (Wildman–Crippen LogP) is -0.723. The number of hydrogen-bond donors (Lipinski definition) is 2. The second-order valence-corrected chi connectivity index (χ2v) is 5.29. The average molecular weight is 271 g/mol. The Morgan fingerprint density at radius 1 is 1.33 bits per heavy atom. The van der Waals surface area contributed by atoms with E-state index < -0.39 is 21.8 Å². The third-order valence-corrected chi connectivity index (χ3v) is 3.19. The third kappa shape index (κ3) is 4.91. The molecule has 1 heterocycles. The van der Waals surface area contributed by atoms with Crippen LogP contribution in [0.1, 0.15) is 17.4 Å². The maximum absolute atomic E-state index is 11.5. The minimum atomic E-state index is -3.69. The second-order valence-electron chi connectivity index (χ2n) is 3.45. The van der Waals surface area contributed by atoms with E-state index in [1.807, 2.05) is 0 Å². The minimum absolute atomic E-state index is 0.0992. The number of carbonyl (C=O) groups is 2. The molecule has 0 saturated carbocycles. The number of aromatic nitrogens is 1. The van der Waals surface area contributed by atoms with Crippen molar-refractivity contribution in [2.45, 2.75) is 6.92 Å². The average Bonchev–Trinajstić information content (AvgIpc) is 2.28. The Labute approximate surface area is 105 Å². The van der Waals surface area contributed by atoms with Crippen LogP contribution in [0.2, 0.25) is 0 Å². The smallest absolute Gasteiger partial charge is 0.269 e. The highest BCUT2D eigenvalue weighted by molar-refractivity contribution is 7.90. The molecule has 2 amide bonds. The monoisotopic (exact) mass is 271 g/mol. The van der Waals surface area contributed by atoms with Crippen molar-refractivity contribution in [3.8, 4) is 0 Å². The molecule has 2 N–H and O–H groups in total. The van der Waals surface area contributed by atoms with E-state index in [0.717, 1.165) is 6.92 Å². The molecule has 0 aromatic carbocycles. The van der Waals surface area contributed by atoms with Crippen molar-refractivity contribution in [3.63, 3.8) is 0 Å². The Morgan fingerprint density at radius 2 is 2.06 bits per heavy atom. The molecule has 1 aromatic rings. The van der Waals surface area contributed by atoms with E-state index >= 15 is 0 Å². The lowest BCUT2D eigenvalue weighted by atomic mass is 10.3. The van der Waals surface area contributed by atoms with Crippen LogP contribution < -0.4 is 10.0 Å². The van der Waals surface area contributed by atoms with Crippen LogP contribution in [0.5, 0.6) is 0 Å². The van der Waals surface area contributed by atoms with E-state index in [4.69, 9.17) is 0 Å². The van der Waals surface area contributed by atoms with E-state index in [0.29, 0.717) is 0 Å². The summed E-state index contributed by atoms with van der Waals surface area (Å²) in [5.74, 6) is -1.50. The number of rotatable bonds is 5. The highest BCUT2D eigenvalue weighted by atomic mass is 32.2.